The Morgan fingerprint density at radius 3 is 2.94 bits per heavy atom. The van der Waals surface area contributed by atoms with Crippen LogP contribution in [0.1, 0.15) is 57.7 Å². The zero-order valence-corrected chi connectivity index (χ0v) is 20.3. The summed E-state index contributed by atoms with van der Waals surface area (Å²) in [7, 11) is 0. The monoisotopic (exact) mass is 489 g/mol. The van der Waals surface area contributed by atoms with Crippen LogP contribution in [0.2, 0.25) is 0 Å². The van der Waals surface area contributed by atoms with Crippen LogP contribution in [-0.4, -0.2) is 36.8 Å². The van der Waals surface area contributed by atoms with Crippen molar-refractivity contribution in [2.24, 2.45) is 0 Å². The SMILES string of the molecule is C=CC(=O)CCC1CCOc2ccc(NC(=O)c3ccc4sc5c(c4c3)NC[C@@H](C)NC5=O)cc21. The van der Waals surface area contributed by atoms with E-state index in [-0.39, 0.29) is 29.6 Å². The van der Waals surface area contributed by atoms with Crippen LogP contribution in [0.25, 0.3) is 10.1 Å². The Kier molecular flexibility index (Phi) is 6.30. The van der Waals surface area contributed by atoms with E-state index in [1.54, 1.807) is 6.07 Å². The molecule has 3 heterocycles. The maximum atomic E-state index is 13.1. The standard InChI is InChI=1S/C27H27N3O4S/c1-3-19(31)7-4-16-10-11-34-22-8-6-18(13-20(16)22)30-26(32)17-5-9-23-21(12-17)24-25(35-23)27(33)29-15(2)14-28-24/h3,5-6,8-9,12-13,15-16,28H,1,4,7,10-11,14H2,2H3,(H,29,33)(H,30,32)/t15-,16?/m1/s1. The summed E-state index contributed by atoms with van der Waals surface area (Å²) in [6.07, 6.45) is 3.36. The van der Waals surface area contributed by atoms with E-state index in [1.807, 2.05) is 37.3 Å². The minimum atomic E-state index is -0.228. The predicted molar refractivity (Wildman–Crippen MR) is 139 cm³/mol. The van der Waals surface area contributed by atoms with Crippen LogP contribution in [-0.2, 0) is 4.79 Å². The van der Waals surface area contributed by atoms with Crippen molar-refractivity contribution < 1.29 is 19.1 Å². The van der Waals surface area contributed by atoms with Crippen molar-refractivity contribution >= 4 is 50.4 Å². The second-order valence-corrected chi connectivity index (χ2v) is 10.1. The maximum Gasteiger partial charge on any atom is 0.263 e. The molecule has 2 aromatic carbocycles. The van der Waals surface area contributed by atoms with Gasteiger partial charge in [0.25, 0.3) is 11.8 Å². The number of carbonyl (C=O) groups excluding carboxylic acids is 3. The van der Waals surface area contributed by atoms with Crippen molar-refractivity contribution in [2.75, 3.05) is 23.8 Å². The first-order valence-electron chi connectivity index (χ1n) is 11.8. The van der Waals surface area contributed by atoms with E-state index in [9.17, 15) is 14.4 Å². The van der Waals surface area contributed by atoms with Crippen molar-refractivity contribution in [3.05, 3.63) is 65.1 Å². The summed E-state index contributed by atoms with van der Waals surface area (Å²) >= 11 is 1.42. The third-order valence-electron chi connectivity index (χ3n) is 6.52. The van der Waals surface area contributed by atoms with Gasteiger partial charge in [0, 0.05) is 40.3 Å². The Labute approximate surface area is 207 Å². The number of benzene rings is 2. The molecule has 5 rings (SSSR count). The molecule has 7 nitrogen and oxygen atoms in total. The van der Waals surface area contributed by atoms with Crippen molar-refractivity contribution in [1.82, 2.24) is 5.32 Å². The van der Waals surface area contributed by atoms with Gasteiger partial charge in [-0.1, -0.05) is 6.58 Å². The molecular weight excluding hydrogens is 462 g/mol. The number of nitrogens with one attached hydrogen (secondary N) is 3. The lowest BCUT2D eigenvalue weighted by atomic mass is 9.88. The smallest absolute Gasteiger partial charge is 0.263 e. The van der Waals surface area contributed by atoms with Crippen LogP contribution in [0.5, 0.6) is 5.75 Å². The average Bonchev–Trinajstić information content (AvgIpc) is 3.17. The number of allylic oxidation sites excluding steroid dienone is 1. The second kappa shape index (κ2) is 9.54. The molecule has 0 radical (unpaired) electrons. The zero-order chi connectivity index (χ0) is 24.5. The van der Waals surface area contributed by atoms with E-state index in [0.29, 0.717) is 35.7 Å². The lowest BCUT2D eigenvalue weighted by molar-refractivity contribution is -0.114. The van der Waals surface area contributed by atoms with Gasteiger partial charge in [0.15, 0.2) is 5.78 Å². The summed E-state index contributed by atoms with van der Waals surface area (Å²) in [5.74, 6) is 0.701. The highest BCUT2D eigenvalue weighted by atomic mass is 32.1. The Bertz CT molecular complexity index is 1350. The Hall–Kier alpha value is -3.65. The van der Waals surface area contributed by atoms with Crippen LogP contribution in [0.3, 0.4) is 0 Å². The van der Waals surface area contributed by atoms with Gasteiger partial charge in [0.2, 0.25) is 0 Å². The molecule has 180 valence electrons. The predicted octanol–water partition coefficient (Wildman–Crippen LogP) is 5.10. The van der Waals surface area contributed by atoms with Crippen LogP contribution >= 0.6 is 11.3 Å². The summed E-state index contributed by atoms with van der Waals surface area (Å²) in [5, 5.41) is 10.2. The van der Waals surface area contributed by atoms with Gasteiger partial charge >= 0.3 is 0 Å². The summed E-state index contributed by atoms with van der Waals surface area (Å²) < 4.78 is 6.74. The number of rotatable bonds is 6. The zero-order valence-electron chi connectivity index (χ0n) is 19.5. The first kappa shape index (κ1) is 23.1. The number of ketones is 1. The molecule has 2 aliphatic heterocycles. The maximum absolute atomic E-state index is 13.1. The largest absolute Gasteiger partial charge is 0.493 e. The van der Waals surface area contributed by atoms with Gasteiger partial charge < -0.3 is 20.7 Å². The van der Waals surface area contributed by atoms with Crippen molar-refractivity contribution in [2.45, 2.75) is 38.1 Å². The Morgan fingerprint density at radius 2 is 2.11 bits per heavy atom. The molecule has 0 saturated carbocycles. The van der Waals surface area contributed by atoms with E-state index >= 15 is 0 Å². The summed E-state index contributed by atoms with van der Waals surface area (Å²) in [5.41, 5.74) is 2.98. The molecule has 0 spiro atoms. The molecule has 0 aliphatic carbocycles. The number of anilines is 2. The number of ether oxygens (including phenoxy) is 1. The quantitative estimate of drug-likeness (QED) is 0.419. The number of fused-ring (bicyclic) bond motifs is 4. The molecule has 35 heavy (non-hydrogen) atoms. The molecule has 3 N–H and O–H groups in total. The van der Waals surface area contributed by atoms with E-state index in [1.165, 1.54) is 17.4 Å². The Morgan fingerprint density at radius 1 is 1.26 bits per heavy atom. The fraction of sp³-hybridized carbons (Fsp3) is 0.296. The lowest BCUT2D eigenvalue weighted by Crippen LogP contribution is -2.34. The first-order chi connectivity index (χ1) is 16.9. The minimum Gasteiger partial charge on any atom is -0.493 e. The highest BCUT2D eigenvalue weighted by Crippen LogP contribution is 2.39. The van der Waals surface area contributed by atoms with Crippen LogP contribution in [0.4, 0.5) is 11.4 Å². The molecule has 2 amide bonds. The van der Waals surface area contributed by atoms with Gasteiger partial charge in [-0.3, -0.25) is 14.4 Å². The van der Waals surface area contributed by atoms with Gasteiger partial charge in [0.1, 0.15) is 10.6 Å². The first-order valence-corrected chi connectivity index (χ1v) is 12.6. The molecule has 0 fully saturated rings. The van der Waals surface area contributed by atoms with Gasteiger partial charge in [-0.25, -0.2) is 0 Å². The lowest BCUT2D eigenvalue weighted by Gasteiger charge is -2.26. The third-order valence-corrected chi connectivity index (χ3v) is 7.69. The molecule has 8 heteroatoms. The number of hydrogen-bond acceptors (Lipinski definition) is 6. The average molecular weight is 490 g/mol. The van der Waals surface area contributed by atoms with Crippen molar-refractivity contribution in [1.29, 1.82) is 0 Å². The van der Waals surface area contributed by atoms with Crippen molar-refractivity contribution in [3.63, 3.8) is 0 Å². The molecule has 2 atom stereocenters. The minimum absolute atomic E-state index is 0.0235. The molecule has 3 aromatic rings. The highest BCUT2D eigenvalue weighted by Gasteiger charge is 2.25. The van der Waals surface area contributed by atoms with E-state index in [2.05, 4.69) is 22.5 Å². The molecular formula is C27H27N3O4S. The fourth-order valence-electron chi connectivity index (χ4n) is 4.63. The van der Waals surface area contributed by atoms with Gasteiger partial charge in [0.05, 0.1) is 12.3 Å². The van der Waals surface area contributed by atoms with Gasteiger partial charge in [-0.15, -0.1) is 11.3 Å². The van der Waals surface area contributed by atoms with E-state index < -0.39 is 0 Å². The van der Waals surface area contributed by atoms with Crippen LogP contribution in [0, 0.1) is 0 Å². The number of thiophene rings is 1. The van der Waals surface area contributed by atoms with E-state index in [4.69, 9.17) is 4.74 Å². The molecule has 2 aliphatic rings. The van der Waals surface area contributed by atoms with E-state index in [0.717, 1.165) is 39.9 Å². The summed E-state index contributed by atoms with van der Waals surface area (Å²) in [6.45, 7) is 6.74. The summed E-state index contributed by atoms with van der Waals surface area (Å²) in [6, 6.07) is 11.2. The third kappa shape index (κ3) is 4.66. The molecule has 1 aromatic heterocycles. The number of amides is 2. The normalized spacial score (nSPS) is 18.8. The molecule has 0 bridgehead atoms. The highest BCUT2D eigenvalue weighted by molar-refractivity contribution is 7.21. The fourth-order valence-corrected chi connectivity index (χ4v) is 5.70. The molecule has 1 unspecified atom stereocenters. The number of carbonyl (C=O) groups is 3. The summed E-state index contributed by atoms with van der Waals surface area (Å²) in [4.78, 5) is 38.0. The molecule has 0 saturated heterocycles. The Balaban J connectivity index is 1.38. The van der Waals surface area contributed by atoms with Gasteiger partial charge in [-0.2, -0.15) is 0 Å². The van der Waals surface area contributed by atoms with Crippen molar-refractivity contribution in [3.8, 4) is 5.75 Å². The topological polar surface area (TPSA) is 96.5 Å². The van der Waals surface area contributed by atoms with Gasteiger partial charge in [-0.05, 0) is 73.7 Å². The van der Waals surface area contributed by atoms with Crippen LogP contribution < -0.4 is 20.7 Å². The number of hydrogen-bond donors (Lipinski definition) is 3. The second-order valence-electron chi connectivity index (χ2n) is 9.02. The van der Waals surface area contributed by atoms with Crippen LogP contribution in [0.15, 0.2) is 49.1 Å².